The van der Waals surface area contributed by atoms with Crippen LogP contribution in [0.3, 0.4) is 0 Å². The Bertz CT molecular complexity index is 755. The predicted molar refractivity (Wildman–Crippen MR) is 99.5 cm³/mol. The normalized spacial score (nSPS) is 10.5. The van der Waals surface area contributed by atoms with Gasteiger partial charge in [-0.1, -0.05) is 78.9 Å². The highest BCUT2D eigenvalue weighted by molar-refractivity contribution is 5.74. The number of hydrogen-bond acceptors (Lipinski definition) is 1. The van der Waals surface area contributed by atoms with E-state index >= 15 is 0 Å². The maximum atomic E-state index is 10.7. The van der Waals surface area contributed by atoms with E-state index in [1.165, 1.54) is 22.3 Å². The molecule has 0 fully saturated rings. The minimum Gasteiger partial charge on any atom is -0.298 e. The first-order valence-electron chi connectivity index (χ1n) is 8.49. The second kappa shape index (κ2) is 8.26. The monoisotopic (exact) mass is 314 g/mol. The van der Waals surface area contributed by atoms with Gasteiger partial charge in [-0.05, 0) is 47.9 Å². The van der Waals surface area contributed by atoms with Crippen molar-refractivity contribution < 1.29 is 4.79 Å². The van der Waals surface area contributed by atoms with E-state index < -0.39 is 0 Å². The molecule has 0 spiro atoms. The summed E-state index contributed by atoms with van der Waals surface area (Å²) in [5, 5.41) is 0. The molecule has 1 nitrogen and oxygen atoms in total. The molecule has 0 aliphatic rings. The number of rotatable bonds is 7. The average Bonchev–Trinajstić information content (AvgIpc) is 2.67. The van der Waals surface area contributed by atoms with Gasteiger partial charge in [-0.15, -0.1) is 0 Å². The molecular formula is C23H22O. The minimum atomic E-state index is 0.738. The van der Waals surface area contributed by atoms with Crippen molar-refractivity contribution in [2.75, 3.05) is 0 Å². The molecule has 0 unspecified atom stereocenters. The summed E-state index contributed by atoms with van der Waals surface area (Å²) in [5.41, 5.74) is 6.14. The molecule has 0 N–H and O–H groups in total. The van der Waals surface area contributed by atoms with Crippen LogP contribution in [0.25, 0.3) is 0 Å². The largest absolute Gasteiger partial charge is 0.298 e. The van der Waals surface area contributed by atoms with Gasteiger partial charge in [-0.2, -0.15) is 0 Å². The van der Waals surface area contributed by atoms with Crippen LogP contribution < -0.4 is 0 Å². The summed E-state index contributed by atoms with van der Waals surface area (Å²) in [7, 11) is 0. The van der Waals surface area contributed by atoms with E-state index in [-0.39, 0.29) is 0 Å². The zero-order valence-corrected chi connectivity index (χ0v) is 13.8. The second-order valence-electron chi connectivity index (χ2n) is 6.16. The van der Waals surface area contributed by atoms with Crippen molar-refractivity contribution in [2.45, 2.75) is 25.7 Å². The van der Waals surface area contributed by atoms with Crippen molar-refractivity contribution in [1.82, 2.24) is 0 Å². The van der Waals surface area contributed by atoms with Gasteiger partial charge in [0.25, 0.3) is 0 Å². The number of benzene rings is 3. The van der Waals surface area contributed by atoms with E-state index in [1.54, 1.807) is 0 Å². The Balaban J connectivity index is 1.51. The fourth-order valence-electron chi connectivity index (χ4n) is 2.86. The lowest BCUT2D eigenvalue weighted by molar-refractivity contribution is 0.112. The van der Waals surface area contributed by atoms with Crippen LogP contribution in [0.2, 0.25) is 0 Å². The zero-order valence-electron chi connectivity index (χ0n) is 13.8. The summed E-state index contributed by atoms with van der Waals surface area (Å²) in [6.45, 7) is 0. The first kappa shape index (κ1) is 16.2. The third-order valence-corrected chi connectivity index (χ3v) is 4.39. The van der Waals surface area contributed by atoms with Gasteiger partial charge in [-0.3, -0.25) is 4.79 Å². The number of hydrogen-bond donors (Lipinski definition) is 0. The first-order chi connectivity index (χ1) is 11.8. The van der Waals surface area contributed by atoms with Crippen molar-refractivity contribution in [2.24, 2.45) is 0 Å². The molecule has 120 valence electrons. The Morgan fingerprint density at radius 2 is 0.875 bits per heavy atom. The zero-order chi connectivity index (χ0) is 16.6. The lowest BCUT2D eigenvalue weighted by Crippen LogP contribution is -1.94. The first-order valence-corrected chi connectivity index (χ1v) is 8.49. The molecule has 0 heterocycles. The van der Waals surface area contributed by atoms with Gasteiger partial charge < -0.3 is 0 Å². The third kappa shape index (κ3) is 4.66. The molecule has 0 saturated heterocycles. The Kier molecular flexibility index (Phi) is 5.57. The number of aryl methyl sites for hydroxylation is 4. The van der Waals surface area contributed by atoms with Crippen LogP contribution in [0.1, 0.15) is 32.6 Å². The van der Waals surface area contributed by atoms with Gasteiger partial charge in [0.2, 0.25) is 0 Å². The van der Waals surface area contributed by atoms with Gasteiger partial charge >= 0.3 is 0 Å². The maximum Gasteiger partial charge on any atom is 0.150 e. The van der Waals surface area contributed by atoms with Crippen LogP contribution in [0, 0.1) is 0 Å². The fraction of sp³-hybridized carbons (Fsp3) is 0.174. The van der Waals surface area contributed by atoms with Crippen molar-refractivity contribution in [3.05, 3.63) is 107 Å². The summed E-state index contributed by atoms with van der Waals surface area (Å²) in [6, 6.07) is 27.4. The van der Waals surface area contributed by atoms with Crippen molar-refractivity contribution in [1.29, 1.82) is 0 Å². The van der Waals surface area contributed by atoms with E-state index in [9.17, 15) is 4.79 Å². The molecule has 0 aliphatic heterocycles. The van der Waals surface area contributed by atoms with Gasteiger partial charge in [0, 0.05) is 5.56 Å². The van der Waals surface area contributed by atoms with E-state index in [2.05, 4.69) is 54.6 Å². The van der Waals surface area contributed by atoms with Crippen LogP contribution in [0.15, 0.2) is 78.9 Å². The van der Waals surface area contributed by atoms with Crippen LogP contribution in [-0.4, -0.2) is 6.29 Å². The summed E-state index contributed by atoms with van der Waals surface area (Å²) in [5.74, 6) is 0. The SMILES string of the molecule is O=Cc1ccc(CCc2ccc(CCc3ccccc3)cc2)cc1. The minimum absolute atomic E-state index is 0.738. The molecule has 0 aromatic heterocycles. The molecule has 0 amide bonds. The van der Waals surface area contributed by atoms with Gasteiger partial charge in [0.1, 0.15) is 6.29 Å². The maximum absolute atomic E-state index is 10.7. The lowest BCUT2D eigenvalue weighted by atomic mass is 10.00. The van der Waals surface area contributed by atoms with E-state index in [0.717, 1.165) is 37.5 Å². The van der Waals surface area contributed by atoms with E-state index in [0.29, 0.717) is 0 Å². The van der Waals surface area contributed by atoms with Gasteiger partial charge in [-0.25, -0.2) is 0 Å². The molecule has 0 bridgehead atoms. The highest BCUT2D eigenvalue weighted by Crippen LogP contribution is 2.12. The number of carbonyl (C=O) groups is 1. The topological polar surface area (TPSA) is 17.1 Å². The molecular weight excluding hydrogens is 292 g/mol. The van der Waals surface area contributed by atoms with Crippen molar-refractivity contribution in [3.8, 4) is 0 Å². The van der Waals surface area contributed by atoms with Crippen LogP contribution in [0.4, 0.5) is 0 Å². The number of carbonyl (C=O) groups excluding carboxylic acids is 1. The Hall–Kier alpha value is -2.67. The summed E-state index contributed by atoms with van der Waals surface area (Å²) >= 11 is 0. The third-order valence-electron chi connectivity index (χ3n) is 4.39. The van der Waals surface area contributed by atoms with Crippen LogP contribution in [0.5, 0.6) is 0 Å². The van der Waals surface area contributed by atoms with Crippen LogP contribution in [-0.2, 0) is 25.7 Å². The Morgan fingerprint density at radius 3 is 1.29 bits per heavy atom. The van der Waals surface area contributed by atoms with E-state index in [1.807, 2.05) is 24.3 Å². The summed E-state index contributed by atoms with van der Waals surface area (Å²) in [4.78, 5) is 10.7. The molecule has 1 heteroatoms. The molecule has 0 radical (unpaired) electrons. The van der Waals surface area contributed by atoms with Gasteiger partial charge in [0.15, 0.2) is 0 Å². The molecule has 3 rings (SSSR count). The quantitative estimate of drug-likeness (QED) is 0.556. The lowest BCUT2D eigenvalue weighted by Gasteiger charge is -2.06. The Morgan fingerprint density at radius 1 is 0.500 bits per heavy atom. The fourth-order valence-corrected chi connectivity index (χ4v) is 2.86. The summed E-state index contributed by atoms with van der Waals surface area (Å²) in [6.07, 6.45) is 5.08. The molecule has 0 saturated carbocycles. The highest BCUT2D eigenvalue weighted by Gasteiger charge is 1.99. The van der Waals surface area contributed by atoms with Crippen molar-refractivity contribution in [3.63, 3.8) is 0 Å². The Labute approximate surface area is 144 Å². The second-order valence-corrected chi connectivity index (χ2v) is 6.16. The summed E-state index contributed by atoms with van der Waals surface area (Å²) < 4.78 is 0. The molecule has 3 aromatic rings. The standard InChI is InChI=1S/C23H22O/c24-18-23-16-14-22(15-17-23)13-12-21-10-8-20(9-11-21)7-6-19-4-2-1-3-5-19/h1-5,8-11,14-18H,6-7,12-13H2. The average molecular weight is 314 g/mol. The number of aldehydes is 1. The molecule has 24 heavy (non-hydrogen) atoms. The van der Waals surface area contributed by atoms with Crippen molar-refractivity contribution >= 4 is 6.29 Å². The smallest absolute Gasteiger partial charge is 0.150 e. The van der Waals surface area contributed by atoms with Gasteiger partial charge in [0.05, 0.1) is 0 Å². The predicted octanol–water partition coefficient (Wildman–Crippen LogP) is 5.07. The molecule has 0 atom stereocenters. The van der Waals surface area contributed by atoms with Crippen LogP contribution >= 0.6 is 0 Å². The highest BCUT2D eigenvalue weighted by atomic mass is 16.1. The molecule has 3 aromatic carbocycles. The molecule has 0 aliphatic carbocycles. The van der Waals surface area contributed by atoms with E-state index in [4.69, 9.17) is 0 Å².